The lowest BCUT2D eigenvalue weighted by Gasteiger charge is -2.15. The monoisotopic (exact) mass is 245 g/mol. The number of hydrogen-bond donors (Lipinski definition) is 1. The second-order valence-electron chi connectivity index (χ2n) is 4.76. The number of nitriles is 1. The Labute approximate surface area is 108 Å². The SMILES string of the molecule is COCCN1C[C@H](c2cccc(C#N)c2)[C@@H](N)C1. The molecule has 0 spiro atoms. The number of benzene rings is 1. The highest BCUT2D eigenvalue weighted by Crippen LogP contribution is 2.26. The van der Waals surface area contributed by atoms with Crippen LogP contribution in [0.1, 0.15) is 17.0 Å². The van der Waals surface area contributed by atoms with Crippen LogP contribution >= 0.6 is 0 Å². The lowest BCUT2D eigenvalue weighted by atomic mass is 9.94. The fourth-order valence-corrected chi connectivity index (χ4v) is 2.51. The molecule has 0 radical (unpaired) electrons. The van der Waals surface area contributed by atoms with Crippen molar-refractivity contribution in [2.45, 2.75) is 12.0 Å². The summed E-state index contributed by atoms with van der Waals surface area (Å²) in [6.07, 6.45) is 0. The van der Waals surface area contributed by atoms with Gasteiger partial charge in [0.05, 0.1) is 18.2 Å². The zero-order chi connectivity index (χ0) is 13.0. The Morgan fingerprint density at radius 1 is 1.50 bits per heavy atom. The fourth-order valence-electron chi connectivity index (χ4n) is 2.51. The molecule has 2 N–H and O–H groups in total. The summed E-state index contributed by atoms with van der Waals surface area (Å²) in [6, 6.07) is 10.1. The third kappa shape index (κ3) is 2.88. The molecule has 4 heteroatoms. The summed E-state index contributed by atoms with van der Waals surface area (Å²) in [4.78, 5) is 2.32. The third-order valence-corrected chi connectivity index (χ3v) is 3.50. The molecule has 1 saturated heterocycles. The van der Waals surface area contributed by atoms with Crippen LogP contribution in [0.5, 0.6) is 0 Å². The van der Waals surface area contributed by atoms with Crippen LogP contribution in [0, 0.1) is 11.3 Å². The molecule has 1 aliphatic rings. The van der Waals surface area contributed by atoms with Gasteiger partial charge in [0.15, 0.2) is 0 Å². The third-order valence-electron chi connectivity index (χ3n) is 3.50. The predicted molar refractivity (Wildman–Crippen MR) is 70.2 cm³/mol. The zero-order valence-electron chi connectivity index (χ0n) is 10.7. The molecule has 96 valence electrons. The largest absolute Gasteiger partial charge is 0.383 e. The van der Waals surface area contributed by atoms with Gasteiger partial charge < -0.3 is 10.5 Å². The van der Waals surface area contributed by atoms with Gasteiger partial charge in [-0.05, 0) is 17.7 Å². The van der Waals surface area contributed by atoms with Crippen LogP contribution in [0.25, 0.3) is 0 Å². The van der Waals surface area contributed by atoms with E-state index in [0.717, 1.165) is 26.2 Å². The first-order valence-corrected chi connectivity index (χ1v) is 6.21. The van der Waals surface area contributed by atoms with Crippen molar-refractivity contribution in [3.05, 3.63) is 35.4 Å². The van der Waals surface area contributed by atoms with Crippen molar-refractivity contribution in [1.82, 2.24) is 4.90 Å². The predicted octanol–water partition coefficient (Wildman–Crippen LogP) is 0.931. The molecule has 1 fully saturated rings. The first kappa shape index (κ1) is 13.0. The highest BCUT2D eigenvalue weighted by atomic mass is 16.5. The van der Waals surface area contributed by atoms with Crippen molar-refractivity contribution >= 4 is 0 Å². The minimum Gasteiger partial charge on any atom is -0.383 e. The number of rotatable bonds is 4. The van der Waals surface area contributed by atoms with Gasteiger partial charge in [-0.1, -0.05) is 12.1 Å². The van der Waals surface area contributed by atoms with Crippen molar-refractivity contribution in [1.29, 1.82) is 5.26 Å². The van der Waals surface area contributed by atoms with Gasteiger partial charge >= 0.3 is 0 Å². The Balaban J connectivity index is 2.07. The van der Waals surface area contributed by atoms with E-state index in [0.29, 0.717) is 11.5 Å². The molecule has 1 aromatic carbocycles. The Hall–Kier alpha value is -1.41. The summed E-state index contributed by atoms with van der Waals surface area (Å²) in [7, 11) is 1.71. The van der Waals surface area contributed by atoms with Crippen LogP contribution in [0.4, 0.5) is 0 Å². The van der Waals surface area contributed by atoms with Crippen LogP contribution in [0.15, 0.2) is 24.3 Å². The van der Waals surface area contributed by atoms with Crippen LogP contribution in [-0.4, -0.2) is 44.3 Å². The molecule has 0 bridgehead atoms. The second-order valence-corrected chi connectivity index (χ2v) is 4.76. The van der Waals surface area contributed by atoms with Gasteiger partial charge in [-0.3, -0.25) is 4.90 Å². The van der Waals surface area contributed by atoms with Crippen LogP contribution in [0.3, 0.4) is 0 Å². The normalized spacial score (nSPS) is 24.1. The lowest BCUT2D eigenvalue weighted by Crippen LogP contribution is -2.30. The highest BCUT2D eigenvalue weighted by molar-refractivity contribution is 5.35. The molecule has 0 amide bonds. The summed E-state index contributed by atoms with van der Waals surface area (Å²) in [5.41, 5.74) is 8.07. The van der Waals surface area contributed by atoms with Gasteiger partial charge in [-0.2, -0.15) is 5.26 Å². The van der Waals surface area contributed by atoms with Gasteiger partial charge in [0, 0.05) is 38.7 Å². The molecule has 2 atom stereocenters. The lowest BCUT2D eigenvalue weighted by molar-refractivity contribution is 0.160. The van der Waals surface area contributed by atoms with Gasteiger partial charge in [0.25, 0.3) is 0 Å². The van der Waals surface area contributed by atoms with Crippen LogP contribution < -0.4 is 5.73 Å². The molecule has 4 nitrogen and oxygen atoms in total. The molecule has 0 saturated carbocycles. The maximum atomic E-state index is 8.93. The Morgan fingerprint density at radius 3 is 3.06 bits per heavy atom. The van der Waals surface area contributed by atoms with Gasteiger partial charge in [0.1, 0.15) is 0 Å². The minimum atomic E-state index is 0.135. The highest BCUT2D eigenvalue weighted by Gasteiger charge is 2.30. The van der Waals surface area contributed by atoms with Crippen molar-refractivity contribution < 1.29 is 4.74 Å². The quantitative estimate of drug-likeness (QED) is 0.857. The molecule has 2 rings (SSSR count). The van der Waals surface area contributed by atoms with Crippen molar-refractivity contribution in [3.8, 4) is 6.07 Å². The van der Waals surface area contributed by atoms with E-state index in [9.17, 15) is 0 Å². The summed E-state index contributed by atoms with van der Waals surface area (Å²) in [6.45, 7) is 3.49. The number of ether oxygens (including phenoxy) is 1. The Kier molecular flexibility index (Phi) is 4.32. The average molecular weight is 245 g/mol. The molecule has 0 aromatic heterocycles. The maximum Gasteiger partial charge on any atom is 0.0991 e. The van der Waals surface area contributed by atoms with Gasteiger partial charge in [-0.25, -0.2) is 0 Å². The van der Waals surface area contributed by atoms with E-state index >= 15 is 0 Å². The van der Waals surface area contributed by atoms with Crippen LogP contribution in [0.2, 0.25) is 0 Å². The van der Waals surface area contributed by atoms with E-state index in [1.165, 1.54) is 5.56 Å². The zero-order valence-corrected chi connectivity index (χ0v) is 10.7. The molecule has 1 aromatic rings. The summed E-state index contributed by atoms with van der Waals surface area (Å²) >= 11 is 0. The molecule has 0 aliphatic carbocycles. The number of hydrogen-bond acceptors (Lipinski definition) is 4. The summed E-state index contributed by atoms with van der Waals surface area (Å²) in [5.74, 6) is 0.315. The van der Waals surface area contributed by atoms with E-state index < -0.39 is 0 Å². The molecule has 1 aliphatic heterocycles. The second kappa shape index (κ2) is 5.96. The Morgan fingerprint density at radius 2 is 2.33 bits per heavy atom. The van der Waals surface area contributed by atoms with Crippen LogP contribution in [-0.2, 0) is 4.74 Å². The topological polar surface area (TPSA) is 62.3 Å². The maximum absolute atomic E-state index is 8.93. The molecule has 0 unspecified atom stereocenters. The molecule has 18 heavy (non-hydrogen) atoms. The van der Waals surface area contributed by atoms with Gasteiger partial charge in [0.2, 0.25) is 0 Å². The minimum absolute atomic E-state index is 0.135. The average Bonchev–Trinajstić information content (AvgIpc) is 2.77. The van der Waals surface area contributed by atoms with E-state index in [2.05, 4.69) is 17.0 Å². The van der Waals surface area contributed by atoms with E-state index in [4.69, 9.17) is 15.7 Å². The van der Waals surface area contributed by atoms with Gasteiger partial charge in [-0.15, -0.1) is 0 Å². The molecular weight excluding hydrogens is 226 g/mol. The first-order chi connectivity index (χ1) is 8.74. The van der Waals surface area contributed by atoms with Crippen molar-refractivity contribution in [2.24, 2.45) is 5.73 Å². The smallest absolute Gasteiger partial charge is 0.0991 e. The number of nitrogens with zero attached hydrogens (tertiary/aromatic N) is 2. The Bertz CT molecular complexity index is 441. The van der Waals surface area contributed by atoms with E-state index in [1.54, 1.807) is 7.11 Å². The van der Waals surface area contributed by atoms with E-state index in [-0.39, 0.29) is 6.04 Å². The number of nitrogens with two attached hydrogens (primary N) is 1. The molecule has 1 heterocycles. The fraction of sp³-hybridized carbons (Fsp3) is 0.500. The summed E-state index contributed by atoms with van der Waals surface area (Å²) in [5, 5.41) is 8.93. The summed E-state index contributed by atoms with van der Waals surface area (Å²) < 4.78 is 5.09. The van der Waals surface area contributed by atoms with Crippen molar-refractivity contribution in [3.63, 3.8) is 0 Å². The number of methoxy groups -OCH3 is 1. The first-order valence-electron chi connectivity index (χ1n) is 6.21. The number of likely N-dealkylation sites (tertiary alicyclic amines) is 1. The van der Waals surface area contributed by atoms with E-state index in [1.807, 2.05) is 18.2 Å². The van der Waals surface area contributed by atoms with Crippen molar-refractivity contribution in [2.75, 3.05) is 33.4 Å². The standard InChI is InChI=1S/C14H19N3O/c1-18-6-5-17-9-13(14(16)10-17)12-4-2-3-11(7-12)8-15/h2-4,7,13-14H,5-6,9-10,16H2,1H3/t13-,14+/m1/s1. The molecular formula is C14H19N3O.